The molecule has 0 aromatic rings. The average Bonchev–Trinajstić information content (AvgIpc) is 1.62. The third kappa shape index (κ3) is 4.56. The maximum absolute atomic E-state index is 11.8. The quantitative estimate of drug-likeness (QED) is 0.342. The van der Waals surface area contributed by atoms with Crippen LogP contribution in [-0.2, 0) is 10.1 Å². The fourth-order valence-corrected chi connectivity index (χ4v) is 0.689. The van der Waals surface area contributed by atoms with Crippen molar-refractivity contribution in [3.05, 3.63) is 0 Å². The molecule has 0 fully saturated rings. The van der Waals surface area contributed by atoms with Gasteiger partial charge >= 0.3 is 29.6 Å². The molecule has 0 aliphatic heterocycles. The first-order valence-electron chi connectivity index (χ1n) is 2.08. The van der Waals surface area contributed by atoms with E-state index in [1.807, 2.05) is 0 Å². The molecular formula is C3H5F2NaO3S. The Morgan fingerprint density at radius 2 is 1.70 bits per heavy atom. The summed E-state index contributed by atoms with van der Waals surface area (Å²) in [6.07, 6.45) is -2.26. The maximum atomic E-state index is 11.8. The minimum Gasteiger partial charge on any atom is -0.746 e. The van der Waals surface area contributed by atoms with E-state index in [-0.39, 0.29) is 29.6 Å². The number of halogens is 2. The molecule has 0 radical (unpaired) electrons. The molecule has 2 unspecified atom stereocenters. The molecule has 0 saturated carbocycles. The second-order valence-electron chi connectivity index (χ2n) is 1.52. The van der Waals surface area contributed by atoms with E-state index in [9.17, 15) is 21.8 Å². The van der Waals surface area contributed by atoms with Gasteiger partial charge in [-0.2, -0.15) is 0 Å². The summed E-state index contributed by atoms with van der Waals surface area (Å²) in [7, 11) is -5.09. The molecule has 0 aliphatic rings. The minimum atomic E-state index is -5.09. The summed E-state index contributed by atoms with van der Waals surface area (Å²) < 4.78 is 52.2. The van der Waals surface area contributed by atoms with Crippen LogP contribution in [-0.4, -0.2) is 24.6 Å². The van der Waals surface area contributed by atoms with E-state index in [1.54, 1.807) is 0 Å². The molecule has 10 heavy (non-hydrogen) atoms. The van der Waals surface area contributed by atoms with Crippen molar-refractivity contribution in [2.45, 2.75) is 18.6 Å². The van der Waals surface area contributed by atoms with Gasteiger partial charge in [0.1, 0.15) is 16.3 Å². The summed E-state index contributed by atoms with van der Waals surface area (Å²) >= 11 is 0. The van der Waals surface area contributed by atoms with Crippen LogP contribution >= 0.6 is 0 Å². The summed E-state index contributed by atoms with van der Waals surface area (Å²) in [4.78, 5) is 0. The van der Waals surface area contributed by atoms with Gasteiger partial charge in [-0.25, -0.2) is 17.2 Å². The molecule has 7 heteroatoms. The third-order valence-electron chi connectivity index (χ3n) is 0.637. The van der Waals surface area contributed by atoms with Crippen molar-refractivity contribution in [1.29, 1.82) is 0 Å². The Bertz CT molecular complexity index is 178. The molecule has 2 atom stereocenters. The van der Waals surface area contributed by atoms with E-state index in [0.717, 1.165) is 0 Å². The summed E-state index contributed by atoms with van der Waals surface area (Å²) in [5.74, 6) is 0. The first kappa shape index (κ1) is 13.4. The molecule has 0 aromatic carbocycles. The topological polar surface area (TPSA) is 57.2 Å². The van der Waals surface area contributed by atoms with Gasteiger partial charge < -0.3 is 4.55 Å². The first-order valence-corrected chi connectivity index (χ1v) is 3.55. The van der Waals surface area contributed by atoms with Crippen LogP contribution in [0.5, 0.6) is 0 Å². The van der Waals surface area contributed by atoms with Crippen LogP contribution in [0.15, 0.2) is 0 Å². The Morgan fingerprint density at radius 1 is 1.40 bits per heavy atom. The fourth-order valence-electron chi connectivity index (χ4n) is 0.230. The molecule has 0 N–H and O–H groups in total. The normalized spacial score (nSPS) is 17.2. The van der Waals surface area contributed by atoms with Crippen molar-refractivity contribution < 1.29 is 51.3 Å². The van der Waals surface area contributed by atoms with Crippen LogP contribution in [0.4, 0.5) is 8.78 Å². The minimum absolute atomic E-state index is 0. The number of hydrogen-bond donors (Lipinski definition) is 0. The predicted octanol–water partition coefficient (Wildman–Crippen LogP) is -2.81. The van der Waals surface area contributed by atoms with Gasteiger partial charge in [0.05, 0.1) is 0 Å². The maximum Gasteiger partial charge on any atom is 1.00 e. The van der Waals surface area contributed by atoms with Crippen LogP contribution in [0.1, 0.15) is 6.92 Å². The van der Waals surface area contributed by atoms with Gasteiger partial charge in [0.25, 0.3) is 0 Å². The molecule has 0 aromatic heterocycles. The van der Waals surface area contributed by atoms with E-state index in [0.29, 0.717) is 6.92 Å². The van der Waals surface area contributed by atoms with Crippen LogP contribution in [0.2, 0.25) is 0 Å². The monoisotopic (exact) mass is 182 g/mol. The smallest absolute Gasteiger partial charge is 0.746 e. The molecule has 0 aliphatic carbocycles. The molecule has 0 amide bonds. The van der Waals surface area contributed by atoms with E-state index < -0.39 is 21.8 Å². The van der Waals surface area contributed by atoms with Crippen molar-refractivity contribution in [3.8, 4) is 0 Å². The van der Waals surface area contributed by atoms with E-state index >= 15 is 0 Å². The summed E-state index contributed by atoms with van der Waals surface area (Å²) in [6, 6.07) is 0. The molecule has 56 valence electrons. The molecule has 3 nitrogen and oxygen atoms in total. The molecule has 0 spiro atoms. The van der Waals surface area contributed by atoms with Crippen LogP contribution in [0.3, 0.4) is 0 Å². The number of hydrogen-bond acceptors (Lipinski definition) is 3. The van der Waals surface area contributed by atoms with Gasteiger partial charge in [-0.3, -0.25) is 0 Å². The van der Waals surface area contributed by atoms with E-state index in [2.05, 4.69) is 0 Å². The van der Waals surface area contributed by atoms with Crippen LogP contribution < -0.4 is 29.6 Å². The Labute approximate surface area is 79.8 Å². The zero-order valence-electron chi connectivity index (χ0n) is 5.54. The Morgan fingerprint density at radius 3 is 1.70 bits per heavy atom. The van der Waals surface area contributed by atoms with Crippen LogP contribution in [0, 0.1) is 0 Å². The Hall–Kier alpha value is 0.770. The molecule has 0 heterocycles. The fraction of sp³-hybridized carbons (Fsp3) is 1.00. The number of rotatable bonds is 2. The van der Waals surface area contributed by atoms with E-state index in [1.165, 1.54) is 0 Å². The van der Waals surface area contributed by atoms with Crippen molar-refractivity contribution in [3.63, 3.8) is 0 Å². The molecule has 0 saturated heterocycles. The van der Waals surface area contributed by atoms with Crippen molar-refractivity contribution in [1.82, 2.24) is 0 Å². The van der Waals surface area contributed by atoms with Gasteiger partial charge in [0.2, 0.25) is 5.50 Å². The van der Waals surface area contributed by atoms with Crippen molar-refractivity contribution >= 4 is 10.1 Å². The second kappa shape index (κ2) is 4.61. The molecule has 0 bridgehead atoms. The standard InChI is InChI=1S/C3H6F2O3S.Na/c1-2(4)3(5)9(6,7)8;/h2-3H,1H3,(H,6,7,8);/q;+1/p-1. The summed E-state index contributed by atoms with van der Waals surface area (Å²) in [5, 5.41) is 0. The Balaban J connectivity index is 0. The van der Waals surface area contributed by atoms with Gasteiger partial charge in [-0.15, -0.1) is 0 Å². The number of alkyl halides is 2. The average molecular weight is 182 g/mol. The molecule has 0 rings (SSSR count). The summed E-state index contributed by atoms with van der Waals surface area (Å²) in [5.41, 5.74) is -2.93. The Kier molecular flexibility index (Phi) is 6.16. The zero-order chi connectivity index (χ0) is 7.65. The van der Waals surface area contributed by atoms with Gasteiger partial charge in [-0.05, 0) is 6.92 Å². The van der Waals surface area contributed by atoms with Gasteiger partial charge in [0.15, 0.2) is 0 Å². The zero-order valence-corrected chi connectivity index (χ0v) is 8.36. The predicted molar refractivity (Wildman–Crippen MR) is 25.2 cm³/mol. The van der Waals surface area contributed by atoms with Crippen molar-refractivity contribution in [2.75, 3.05) is 0 Å². The van der Waals surface area contributed by atoms with Crippen molar-refractivity contribution in [2.24, 2.45) is 0 Å². The van der Waals surface area contributed by atoms with Crippen LogP contribution in [0.25, 0.3) is 0 Å². The largest absolute Gasteiger partial charge is 1.00 e. The first-order chi connectivity index (χ1) is 3.85. The molecular weight excluding hydrogens is 177 g/mol. The second-order valence-corrected chi connectivity index (χ2v) is 2.96. The SMILES string of the molecule is CC(F)C(F)S(=O)(=O)[O-].[Na+]. The van der Waals surface area contributed by atoms with Gasteiger partial charge in [0, 0.05) is 0 Å². The van der Waals surface area contributed by atoms with Gasteiger partial charge in [-0.1, -0.05) is 0 Å². The van der Waals surface area contributed by atoms with E-state index in [4.69, 9.17) is 0 Å². The summed E-state index contributed by atoms with van der Waals surface area (Å²) in [6.45, 7) is 0.667. The third-order valence-corrected chi connectivity index (χ3v) is 1.56.